The van der Waals surface area contributed by atoms with E-state index in [0.29, 0.717) is 23.1 Å². The van der Waals surface area contributed by atoms with Crippen molar-refractivity contribution in [3.63, 3.8) is 0 Å². The Morgan fingerprint density at radius 1 is 1.04 bits per heavy atom. The van der Waals surface area contributed by atoms with Gasteiger partial charge in [0.2, 0.25) is 5.91 Å². The summed E-state index contributed by atoms with van der Waals surface area (Å²) < 4.78 is 5.48. The van der Waals surface area contributed by atoms with E-state index in [0.717, 1.165) is 24.0 Å². The third kappa shape index (κ3) is 5.06. The minimum Gasteiger partial charge on any atom is -0.457 e. The second-order valence-corrected chi connectivity index (χ2v) is 7.85. The van der Waals surface area contributed by atoms with Crippen molar-refractivity contribution in [3.05, 3.63) is 69.7 Å². The molecule has 2 aromatic carbocycles. The van der Waals surface area contributed by atoms with Crippen LogP contribution in [0, 0.1) is 5.92 Å². The van der Waals surface area contributed by atoms with Crippen molar-refractivity contribution in [3.8, 4) is 0 Å². The number of cyclic esters (lactones) is 1. The Labute approximate surface area is 175 Å². The highest BCUT2D eigenvalue weighted by molar-refractivity contribution is 6.30. The number of nitrogens with zero attached hydrogens (tertiary/aromatic N) is 1. The van der Waals surface area contributed by atoms with Crippen LogP contribution >= 0.6 is 23.2 Å². The van der Waals surface area contributed by atoms with Crippen molar-refractivity contribution >= 4 is 35.1 Å². The molecule has 148 valence electrons. The number of carbonyl (C=O) groups is 2. The molecular weight excluding hydrogens is 397 g/mol. The number of halogens is 2. The average molecular weight is 420 g/mol. The van der Waals surface area contributed by atoms with E-state index in [2.05, 4.69) is 0 Å². The Balaban J connectivity index is 1.73. The molecule has 1 aliphatic heterocycles. The van der Waals surface area contributed by atoms with E-state index in [1.807, 2.05) is 48.2 Å². The minimum absolute atomic E-state index is 0.0402. The molecule has 0 unspecified atom stereocenters. The molecule has 0 N–H and O–H groups in total. The van der Waals surface area contributed by atoms with Gasteiger partial charge in [0, 0.05) is 23.1 Å². The van der Waals surface area contributed by atoms with Crippen molar-refractivity contribution in [2.75, 3.05) is 13.1 Å². The smallest absolute Gasteiger partial charge is 0.307 e. The van der Waals surface area contributed by atoms with Crippen LogP contribution in [-0.2, 0) is 20.7 Å². The zero-order valence-electron chi connectivity index (χ0n) is 15.7. The molecule has 1 aliphatic rings. The van der Waals surface area contributed by atoms with Crippen LogP contribution in [0.25, 0.3) is 0 Å². The van der Waals surface area contributed by atoms with E-state index in [1.54, 1.807) is 12.1 Å². The maximum Gasteiger partial charge on any atom is 0.307 e. The van der Waals surface area contributed by atoms with Crippen molar-refractivity contribution in [2.45, 2.75) is 32.3 Å². The van der Waals surface area contributed by atoms with E-state index in [4.69, 9.17) is 27.9 Å². The first-order chi connectivity index (χ1) is 13.5. The third-order valence-electron chi connectivity index (χ3n) is 4.92. The second-order valence-electron chi connectivity index (χ2n) is 6.97. The van der Waals surface area contributed by atoms with Gasteiger partial charge in [-0.2, -0.15) is 0 Å². The summed E-state index contributed by atoms with van der Waals surface area (Å²) in [5.74, 6) is -0.889. The molecule has 0 aromatic heterocycles. The van der Waals surface area contributed by atoms with E-state index in [1.165, 1.54) is 0 Å². The first-order valence-electron chi connectivity index (χ1n) is 9.46. The molecule has 0 bridgehead atoms. The Kier molecular flexibility index (Phi) is 6.97. The van der Waals surface area contributed by atoms with Gasteiger partial charge in [-0.15, -0.1) is 0 Å². The van der Waals surface area contributed by atoms with Gasteiger partial charge in [0.05, 0.1) is 12.3 Å². The molecule has 0 aliphatic carbocycles. The van der Waals surface area contributed by atoms with Gasteiger partial charge in [0.1, 0.15) is 6.10 Å². The summed E-state index contributed by atoms with van der Waals surface area (Å²) in [5.41, 5.74) is 1.91. The Hall–Kier alpha value is -2.04. The number of hydrogen-bond donors (Lipinski definition) is 0. The van der Waals surface area contributed by atoms with Crippen LogP contribution in [-0.4, -0.2) is 29.9 Å². The molecule has 4 nitrogen and oxygen atoms in total. The SMILES string of the molecule is CCCN(CCc1ccc(Cl)cc1)C(=O)[C@@H]1CC(=O)O[C@H]1c1ccc(Cl)cc1. The quantitative estimate of drug-likeness (QED) is 0.587. The van der Waals surface area contributed by atoms with Crippen molar-refractivity contribution in [1.82, 2.24) is 4.90 Å². The summed E-state index contributed by atoms with van der Waals surface area (Å²) >= 11 is 11.9. The van der Waals surface area contributed by atoms with Crippen LogP contribution in [0.15, 0.2) is 48.5 Å². The number of hydrogen-bond acceptors (Lipinski definition) is 3. The van der Waals surface area contributed by atoms with Crippen LogP contribution in [0.5, 0.6) is 0 Å². The van der Waals surface area contributed by atoms with E-state index in [-0.39, 0.29) is 18.3 Å². The number of esters is 1. The molecule has 1 saturated heterocycles. The summed E-state index contributed by atoms with van der Waals surface area (Å²) in [4.78, 5) is 27.1. The molecule has 1 heterocycles. The van der Waals surface area contributed by atoms with Crippen molar-refractivity contribution in [1.29, 1.82) is 0 Å². The van der Waals surface area contributed by atoms with Crippen molar-refractivity contribution in [2.24, 2.45) is 5.92 Å². The van der Waals surface area contributed by atoms with Gasteiger partial charge in [-0.05, 0) is 48.2 Å². The normalized spacial score (nSPS) is 18.8. The largest absolute Gasteiger partial charge is 0.457 e. The molecule has 6 heteroatoms. The summed E-state index contributed by atoms with van der Waals surface area (Å²) in [6, 6.07) is 14.7. The first-order valence-corrected chi connectivity index (χ1v) is 10.2. The monoisotopic (exact) mass is 419 g/mol. The average Bonchev–Trinajstić information content (AvgIpc) is 3.08. The highest BCUT2D eigenvalue weighted by atomic mass is 35.5. The summed E-state index contributed by atoms with van der Waals surface area (Å²) in [7, 11) is 0. The van der Waals surface area contributed by atoms with Gasteiger partial charge < -0.3 is 9.64 Å². The molecule has 28 heavy (non-hydrogen) atoms. The van der Waals surface area contributed by atoms with Crippen LogP contribution in [0.1, 0.15) is 37.0 Å². The van der Waals surface area contributed by atoms with Crippen LogP contribution < -0.4 is 0 Å². The maximum absolute atomic E-state index is 13.3. The highest BCUT2D eigenvalue weighted by Gasteiger charge is 2.42. The standard InChI is InChI=1S/C22H23Cl2NO3/c1-2-12-25(13-11-15-3-7-17(23)8-4-15)22(27)19-14-20(26)28-21(19)16-5-9-18(24)10-6-16/h3-10,19,21H,2,11-14H2,1H3/t19-,21+/m1/s1. The second kappa shape index (κ2) is 9.44. The lowest BCUT2D eigenvalue weighted by Crippen LogP contribution is -2.39. The predicted molar refractivity (Wildman–Crippen MR) is 110 cm³/mol. The number of rotatable bonds is 7. The highest BCUT2D eigenvalue weighted by Crippen LogP contribution is 2.37. The lowest BCUT2D eigenvalue weighted by Gasteiger charge is -2.27. The fourth-order valence-electron chi connectivity index (χ4n) is 3.48. The molecule has 1 amide bonds. The first kappa shape index (κ1) is 20.7. The molecular formula is C22H23Cl2NO3. The van der Waals surface area contributed by atoms with Gasteiger partial charge >= 0.3 is 5.97 Å². The number of ether oxygens (including phenoxy) is 1. The Morgan fingerprint density at radius 2 is 1.64 bits per heavy atom. The lowest BCUT2D eigenvalue weighted by atomic mass is 9.93. The molecule has 0 radical (unpaired) electrons. The summed E-state index contributed by atoms with van der Waals surface area (Å²) in [6.45, 7) is 3.27. The Bertz CT molecular complexity index is 821. The maximum atomic E-state index is 13.3. The Morgan fingerprint density at radius 3 is 2.25 bits per heavy atom. The van der Waals surface area contributed by atoms with Gasteiger partial charge in [-0.1, -0.05) is 54.4 Å². The van der Waals surface area contributed by atoms with Crippen molar-refractivity contribution < 1.29 is 14.3 Å². The van der Waals surface area contributed by atoms with Gasteiger partial charge in [0.25, 0.3) is 0 Å². The fraction of sp³-hybridized carbons (Fsp3) is 0.364. The van der Waals surface area contributed by atoms with Crippen LogP contribution in [0.4, 0.5) is 0 Å². The third-order valence-corrected chi connectivity index (χ3v) is 5.42. The number of amides is 1. The van der Waals surface area contributed by atoms with Gasteiger partial charge in [-0.3, -0.25) is 9.59 Å². The van der Waals surface area contributed by atoms with E-state index < -0.39 is 12.0 Å². The number of benzene rings is 2. The zero-order chi connectivity index (χ0) is 20.1. The zero-order valence-corrected chi connectivity index (χ0v) is 17.2. The number of carbonyl (C=O) groups excluding carboxylic acids is 2. The van der Waals surface area contributed by atoms with Crippen LogP contribution in [0.3, 0.4) is 0 Å². The summed E-state index contributed by atoms with van der Waals surface area (Å²) in [5, 5.41) is 1.30. The minimum atomic E-state index is -0.563. The predicted octanol–water partition coefficient (Wildman–Crippen LogP) is 5.08. The van der Waals surface area contributed by atoms with Crippen LogP contribution in [0.2, 0.25) is 10.0 Å². The molecule has 2 aromatic rings. The fourth-order valence-corrected chi connectivity index (χ4v) is 3.73. The molecule has 3 rings (SSSR count). The van der Waals surface area contributed by atoms with Gasteiger partial charge in [0.15, 0.2) is 0 Å². The molecule has 0 spiro atoms. The molecule has 1 fully saturated rings. The van der Waals surface area contributed by atoms with E-state index in [9.17, 15) is 9.59 Å². The van der Waals surface area contributed by atoms with E-state index >= 15 is 0 Å². The molecule has 0 saturated carbocycles. The topological polar surface area (TPSA) is 46.6 Å². The lowest BCUT2D eigenvalue weighted by molar-refractivity contribution is -0.142. The molecule has 2 atom stereocenters. The summed E-state index contributed by atoms with van der Waals surface area (Å²) in [6.07, 6.45) is 1.12. The van der Waals surface area contributed by atoms with Gasteiger partial charge in [-0.25, -0.2) is 0 Å².